The van der Waals surface area contributed by atoms with E-state index in [2.05, 4.69) is 27.8 Å². The molecule has 0 radical (unpaired) electrons. The van der Waals surface area contributed by atoms with Gasteiger partial charge in [0.05, 0.1) is 12.8 Å². The molecule has 0 aliphatic rings. The van der Waals surface area contributed by atoms with E-state index < -0.39 is 0 Å². The Morgan fingerprint density at radius 1 is 1.33 bits per heavy atom. The average molecular weight is 246 g/mol. The molecular weight excluding hydrogens is 228 g/mol. The maximum absolute atomic E-state index is 5.16. The van der Waals surface area contributed by atoms with Gasteiger partial charge in [0.2, 0.25) is 0 Å². The van der Waals surface area contributed by atoms with Gasteiger partial charge in [-0.25, -0.2) is 0 Å². The number of aryl methyl sites for hydroxylation is 1. The Balaban J connectivity index is 2.12. The predicted octanol–water partition coefficient (Wildman–Crippen LogP) is 1.33. The topological polar surface area (TPSA) is 52.0 Å². The molecule has 1 unspecified atom stereocenters. The summed E-state index contributed by atoms with van der Waals surface area (Å²) in [6.07, 6.45) is 2.75. The zero-order valence-corrected chi connectivity index (χ0v) is 10.9. The van der Waals surface area contributed by atoms with Gasteiger partial charge in [0, 0.05) is 25.7 Å². The number of aromatic nitrogens is 3. The van der Waals surface area contributed by atoms with Crippen LogP contribution in [0, 0.1) is 0 Å². The van der Waals surface area contributed by atoms with E-state index in [1.165, 1.54) is 5.56 Å². The van der Waals surface area contributed by atoms with Crippen molar-refractivity contribution in [2.75, 3.05) is 14.2 Å². The van der Waals surface area contributed by atoms with Crippen molar-refractivity contribution in [3.05, 3.63) is 41.7 Å². The fourth-order valence-corrected chi connectivity index (χ4v) is 1.92. The molecule has 1 aromatic heterocycles. The second-order valence-corrected chi connectivity index (χ2v) is 4.20. The van der Waals surface area contributed by atoms with Gasteiger partial charge in [-0.15, -0.1) is 5.10 Å². The van der Waals surface area contributed by atoms with Crippen molar-refractivity contribution >= 4 is 0 Å². The molecule has 0 saturated carbocycles. The second kappa shape index (κ2) is 5.64. The Hall–Kier alpha value is -1.88. The maximum Gasteiger partial charge on any atom is 0.118 e. The van der Waals surface area contributed by atoms with Crippen LogP contribution in [0.15, 0.2) is 30.5 Å². The molecule has 18 heavy (non-hydrogen) atoms. The van der Waals surface area contributed by atoms with Crippen molar-refractivity contribution in [2.24, 2.45) is 7.05 Å². The van der Waals surface area contributed by atoms with Crippen LogP contribution < -0.4 is 10.1 Å². The lowest BCUT2D eigenvalue weighted by atomic mass is 10.0. The summed E-state index contributed by atoms with van der Waals surface area (Å²) in [6.45, 7) is 0. The standard InChI is InChI=1S/C13H18N4O/c1-14-13(8-11-9-17(2)16-15-11)10-4-6-12(18-3)7-5-10/h4-7,9,13-14H,8H2,1-3H3. The van der Waals surface area contributed by atoms with Crippen LogP contribution in [0.5, 0.6) is 5.75 Å². The Morgan fingerprint density at radius 3 is 2.56 bits per heavy atom. The quantitative estimate of drug-likeness (QED) is 0.864. The predicted molar refractivity (Wildman–Crippen MR) is 69.5 cm³/mol. The van der Waals surface area contributed by atoms with Gasteiger partial charge in [0.15, 0.2) is 0 Å². The minimum absolute atomic E-state index is 0.229. The van der Waals surface area contributed by atoms with Crippen molar-refractivity contribution in [3.63, 3.8) is 0 Å². The van der Waals surface area contributed by atoms with Crippen LogP contribution in [-0.4, -0.2) is 29.2 Å². The number of hydrogen-bond donors (Lipinski definition) is 1. The van der Waals surface area contributed by atoms with Crippen molar-refractivity contribution < 1.29 is 4.74 Å². The lowest BCUT2D eigenvalue weighted by molar-refractivity contribution is 0.414. The normalized spacial score (nSPS) is 12.4. The first-order chi connectivity index (χ1) is 8.72. The van der Waals surface area contributed by atoms with Crippen LogP contribution in [0.2, 0.25) is 0 Å². The molecule has 0 aliphatic carbocycles. The first-order valence-electron chi connectivity index (χ1n) is 5.89. The monoisotopic (exact) mass is 246 g/mol. The molecule has 2 aromatic rings. The summed E-state index contributed by atoms with van der Waals surface area (Å²) < 4.78 is 6.88. The molecule has 0 spiro atoms. The number of nitrogens with zero attached hydrogens (tertiary/aromatic N) is 3. The third-order valence-electron chi connectivity index (χ3n) is 2.93. The summed E-state index contributed by atoms with van der Waals surface area (Å²) in [5, 5.41) is 11.4. The lowest BCUT2D eigenvalue weighted by Gasteiger charge is -2.15. The molecule has 0 amide bonds. The smallest absolute Gasteiger partial charge is 0.118 e. The third-order valence-corrected chi connectivity index (χ3v) is 2.93. The Kier molecular flexibility index (Phi) is 3.94. The fraction of sp³-hybridized carbons (Fsp3) is 0.385. The number of likely N-dealkylation sites (N-methyl/N-ethyl adjacent to an activating group) is 1. The van der Waals surface area contributed by atoms with E-state index in [4.69, 9.17) is 4.74 Å². The number of hydrogen-bond acceptors (Lipinski definition) is 4. The van der Waals surface area contributed by atoms with Crippen LogP contribution >= 0.6 is 0 Å². The first kappa shape index (κ1) is 12.6. The highest BCUT2D eigenvalue weighted by Crippen LogP contribution is 2.20. The Morgan fingerprint density at radius 2 is 2.06 bits per heavy atom. The minimum Gasteiger partial charge on any atom is -0.497 e. The maximum atomic E-state index is 5.16. The van der Waals surface area contributed by atoms with Gasteiger partial charge in [-0.1, -0.05) is 17.3 Å². The molecule has 96 valence electrons. The molecule has 0 fully saturated rings. The van der Waals surface area contributed by atoms with E-state index in [9.17, 15) is 0 Å². The molecular formula is C13H18N4O. The summed E-state index contributed by atoms with van der Waals surface area (Å²) in [5.41, 5.74) is 2.19. The average Bonchev–Trinajstić information content (AvgIpc) is 2.82. The summed E-state index contributed by atoms with van der Waals surface area (Å²) in [4.78, 5) is 0. The van der Waals surface area contributed by atoms with E-state index in [0.717, 1.165) is 17.9 Å². The number of methoxy groups -OCH3 is 1. The zero-order valence-electron chi connectivity index (χ0n) is 10.9. The molecule has 5 heteroatoms. The molecule has 1 atom stereocenters. The summed E-state index contributed by atoms with van der Waals surface area (Å²) in [6, 6.07) is 8.30. The molecule has 1 aromatic carbocycles. The van der Waals surface area contributed by atoms with Gasteiger partial charge >= 0.3 is 0 Å². The van der Waals surface area contributed by atoms with E-state index in [1.54, 1.807) is 11.8 Å². The number of ether oxygens (including phenoxy) is 1. The highest BCUT2D eigenvalue weighted by atomic mass is 16.5. The van der Waals surface area contributed by atoms with E-state index in [-0.39, 0.29) is 6.04 Å². The highest BCUT2D eigenvalue weighted by Gasteiger charge is 2.12. The first-order valence-corrected chi connectivity index (χ1v) is 5.89. The Bertz CT molecular complexity index is 492. The van der Waals surface area contributed by atoms with Crippen LogP contribution in [0.3, 0.4) is 0 Å². The van der Waals surface area contributed by atoms with Crippen molar-refractivity contribution in [1.29, 1.82) is 0 Å². The molecule has 0 aliphatic heterocycles. The van der Waals surface area contributed by atoms with Crippen molar-refractivity contribution in [3.8, 4) is 5.75 Å². The lowest BCUT2D eigenvalue weighted by Crippen LogP contribution is -2.19. The molecule has 5 nitrogen and oxygen atoms in total. The van der Waals surface area contributed by atoms with Crippen LogP contribution in [0.4, 0.5) is 0 Å². The minimum atomic E-state index is 0.229. The number of rotatable bonds is 5. The van der Waals surface area contributed by atoms with Crippen molar-refractivity contribution in [1.82, 2.24) is 20.3 Å². The third kappa shape index (κ3) is 2.87. The number of nitrogens with one attached hydrogen (secondary N) is 1. The SMILES string of the molecule is CNC(Cc1cn(C)nn1)c1ccc(OC)cc1. The zero-order chi connectivity index (χ0) is 13.0. The highest BCUT2D eigenvalue weighted by molar-refractivity contribution is 5.29. The number of benzene rings is 1. The van der Waals surface area contributed by atoms with E-state index >= 15 is 0 Å². The summed E-state index contributed by atoms with van der Waals surface area (Å²) in [5.74, 6) is 0.869. The largest absolute Gasteiger partial charge is 0.497 e. The fourth-order valence-electron chi connectivity index (χ4n) is 1.92. The van der Waals surface area contributed by atoms with Crippen molar-refractivity contribution in [2.45, 2.75) is 12.5 Å². The van der Waals surface area contributed by atoms with E-state index in [1.807, 2.05) is 32.4 Å². The van der Waals surface area contributed by atoms with Gasteiger partial charge in [-0.2, -0.15) is 0 Å². The van der Waals surface area contributed by atoms with Crippen LogP contribution in [-0.2, 0) is 13.5 Å². The molecule has 0 bridgehead atoms. The van der Waals surface area contributed by atoms with Gasteiger partial charge in [-0.3, -0.25) is 4.68 Å². The van der Waals surface area contributed by atoms with Crippen LogP contribution in [0.25, 0.3) is 0 Å². The molecule has 0 saturated heterocycles. The van der Waals surface area contributed by atoms with Gasteiger partial charge in [-0.05, 0) is 24.7 Å². The van der Waals surface area contributed by atoms with Gasteiger partial charge in [0.25, 0.3) is 0 Å². The molecule has 1 heterocycles. The second-order valence-electron chi connectivity index (χ2n) is 4.20. The van der Waals surface area contributed by atoms with E-state index in [0.29, 0.717) is 0 Å². The van der Waals surface area contributed by atoms with Gasteiger partial charge < -0.3 is 10.1 Å². The van der Waals surface area contributed by atoms with Gasteiger partial charge in [0.1, 0.15) is 5.75 Å². The molecule has 2 rings (SSSR count). The Labute approximate surface area is 107 Å². The summed E-state index contributed by atoms with van der Waals surface area (Å²) in [7, 11) is 5.49. The summed E-state index contributed by atoms with van der Waals surface area (Å²) >= 11 is 0. The molecule has 1 N–H and O–H groups in total. The van der Waals surface area contributed by atoms with Crippen LogP contribution in [0.1, 0.15) is 17.3 Å².